The Labute approximate surface area is 157 Å². The maximum Gasteiger partial charge on any atom is 0.289 e. The zero-order chi connectivity index (χ0) is 17.8. The van der Waals surface area contributed by atoms with Crippen LogP contribution in [0.1, 0.15) is 16.3 Å². The van der Waals surface area contributed by atoms with Crippen molar-refractivity contribution in [2.75, 3.05) is 39.3 Å². The van der Waals surface area contributed by atoms with Crippen LogP contribution in [0.5, 0.6) is 5.75 Å². The number of amides is 1. The van der Waals surface area contributed by atoms with Crippen molar-refractivity contribution in [1.29, 1.82) is 0 Å². The molecule has 2 aromatic rings. The Morgan fingerprint density at radius 2 is 1.92 bits per heavy atom. The van der Waals surface area contributed by atoms with Crippen LogP contribution in [0.15, 0.2) is 34.7 Å². The molecule has 7 heteroatoms. The lowest BCUT2D eigenvalue weighted by Crippen LogP contribution is -2.49. The Balaban J connectivity index is 1.42. The molecule has 0 N–H and O–H groups in total. The zero-order valence-corrected chi connectivity index (χ0v) is 15.5. The van der Waals surface area contributed by atoms with Crippen molar-refractivity contribution in [2.24, 2.45) is 0 Å². The summed E-state index contributed by atoms with van der Waals surface area (Å²) in [6, 6.07) is 8.73. The van der Waals surface area contributed by atoms with E-state index < -0.39 is 0 Å². The van der Waals surface area contributed by atoms with Crippen molar-refractivity contribution < 1.29 is 13.9 Å². The predicted octanol–water partition coefficient (Wildman–Crippen LogP) is 3.73. The molecule has 0 atom stereocenters. The van der Waals surface area contributed by atoms with Gasteiger partial charge in [-0.3, -0.25) is 9.69 Å². The fourth-order valence-electron chi connectivity index (χ4n) is 2.76. The maximum absolute atomic E-state index is 12.3. The molecule has 1 aromatic heterocycles. The second-order valence-corrected chi connectivity index (χ2v) is 6.81. The fraction of sp³-hybridized carbons (Fsp3) is 0.389. The lowest BCUT2D eigenvalue weighted by molar-refractivity contribution is 0.0589. The highest BCUT2D eigenvalue weighted by atomic mass is 35.5. The Morgan fingerprint density at radius 1 is 1.16 bits per heavy atom. The van der Waals surface area contributed by atoms with Crippen LogP contribution in [0, 0.1) is 6.92 Å². The Hall–Kier alpha value is -1.69. The molecule has 25 heavy (non-hydrogen) atoms. The van der Waals surface area contributed by atoms with Crippen molar-refractivity contribution in [3.05, 3.63) is 51.9 Å². The van der Waals surface area contributed by atoms with Gasteiger partial charge in [-0.1, -0.05) is 23.2 Å². The van der Waals surface area contributed by atoms with E-state index in [0.29, 0.717) is 41.3 Å². The van der Waals surface area contributed by atoms with E-state index in [1.807, 2.05) is 17.9 Å². The number of halogens is 2. The van der Waals surface area contributed by atoms with Gasteiger partial charge in [0, 0.05) is 37.7 Å². The molecule has 0 radical (unpaired) electrons. The monoisotopic (exact) mass is 382 g/mol. The Kier molecular flexibility index (Phi) is 5.89. The third kappa shape index (κ3) is 4.69. The van der Waals surface area contributed by atoms with E-state index in [1.165, 1.54) is 0 Å². The van der Waals surface area contributed by atoms with E-state index in [4.69, 9.17) is 32.4 Å². The summed E-state index contributed by atoms with van der Waals surface area (Å²) in [6.07, 6.45) is 0. The minimum absolute atomic E-state index is 0.0445. The second-order valence-electron chi connectivity index (χ2n) is 5.97. The van der Waals surface area contributed by atoms with Gasteiger partial charge in [0.15, 0.2) is 5.76 Å². The minimum Gasteiger partial charge on any atom is -0.491 e. The summed E-state index contributed by atoms with van der Waals surface area (Å²) in [5.74, 6) is 1.75. The molecule has 0 unspecified atom stereocenters. The van der Waals surface area contributed by atoms with Crippen molar-refractivity contribution in [3.63, 3.8) is 0 Å². The van der Waals surface area contributed by atoms with E-state index in [-0.39, 0.29) is 5.91 Å². The highest BCUT2D eigenvalue weighted by Crippen LogP contribution is 2.27. The normalized spacial score (nSPS) is 15.4. The summed E-state index contributed by atoms with van der Waals surface area (Å²) in [4.78, 5) is 16.4. The van der Waals surface area contributed by atoms with Crippen LogP contribution in [-0.4, -0.2) is 55.0 Å². The highest BCUT2D eigenvalue weighted by Gasteiger charge is 2.23. The van der Waals surface area contributed by atoms with Crippen molar-refractivity contribution in [2.45, 2.75) is 6.92 Å². The maximum atomic E-state index is 12.3. The van der Waals surface area contributed by atoms with Gasteiger partial charge < -0.3 is 14.1 Å². The number of piperazine rings is 1. The third-order valence-corrected chi connectivity index (χ3v) is 4.70. The summed E-state index contributed by atoms with van der Waals surface area (Å²) in [5.41, 5.74) is 0. The molecule has 1 aliphatic heterocycles. The quantitative estimate of drug-likeness (QED) is 0.790. The van der Waals surface area contributed by atoms with Gasteiger partial charge in [0.1, 0.15) is 18.1 Å². The van der Waals surface area contributed by atoms with E-state index >= 15 is 0 Å². The molecule has 1 aliphatic rings. The molecule has 0 bridgehead atoms. The number of hydrogen-bond donors (Lipinski definition) is 0. The molecule has 5 nitrogen and oxygen atoms in total. The lowest BCUT2D eigenvalue weighted by atomic mass is 10.3. The van der Waals surface area contributed by atoms with Gasteiger partial charge in [0.05, 0.1) is 5.02 Å². The first-order chi connectivity index (χ1) is 12.0. The van der Waals surface area contributed by atoms with Gasteiger partial charge in [-0.2, -0.15) is 0 Å². The first kappa shape index (κ1) is 18.1. The van der Waals surface area contributed by atoms with Crippen LogP contribution in [-0.2, 0) is 0 Å². The number of carbonyl (C=O) groups excluding carboxylic acids is 1. The van der Waals surface area contributed by atoms with E-state index in [0.717, 1.165) is 25.4 Å². The highest BCUT2D eigenvalue weighted by molar-refractivity contribution is 6.35. The number of nitrogens with zero attached hydrogens (tertiary/aromatic N) is 2. The molecule has 1 fully saturated rings. The van der Waals surface area contributed by atoms with E-state index in [2.05, 4.69) is 4.90 Å². The van der Waals surface area contributed by atoms with Gasteiger partial charge >= 0.3 is 0 Å². The van der Waals surface area contributed by atoms with E-state index in [9.17, 15) is 4.79 Å². The van der Waals surface area contributed by atoms with Crippen LogP contribution in [0.3, 0.4) is 0 Å². The Morgan fingerprint density at radius 3 is 2.56 bits per heavy atom. The SMILES string of the molecule is Cc1ccc(C(=O)N2CCN(CCOc3ccc(Cl)cc3Cl)CC2)o1. The predicted molar refractivity (Wildman–Crippen MR) is 97.7 cm³/mol. The van der Waals surface area contributed by atoms with E-state index in [1.54, 1.807) is 24.3 Å². The molecule has 2 heterocycles. The number of ether oxygens (including phenoxy) is 1. The molecule has 0 saturated carbocycles. The second kappa shape index (κ2) is 8.13. The number of carbonyl (C=O) groups is 1. The van der Waals surface area contributed by atoms with Crippen LogP contribution in [0.4, 0.5) is 0 Å². The van der Waals surface area contributed by atoms with Crippen LogP contribution in [0.2, 0.25) is 10.0 Å². The van der Waals surface area contributed by atoms with Crippen molar-refractivity contribution >= 4 is 29.1 Å². The van der Waals surface area contributed by atoms with Crippen LogP contribution in [0.25, 0.3) is 0 Å². The fourth-order valence-corrected chi connectivity index (χ4v) is 3.22. The first-order valence-corrected chi connectivity index (χ1v) is 8.94. The Bertz CT molecular complexity index is 740. The lowest BCUT2D eigenvalue weighted by Gasteiger charge is -2.34. The molecule has 1 aromatic carbocycles. The summed E-state index contributed by atoms with van der Waals surface area (Å²) >= 11 is 12.0. The molecule has 134 valence electrons. The minimum atomic E-state index is -0.0445. The number of hydrogen-bond acceptors (Lipinski definition) is 4. The van der Waals surface area contributed by atoms with Gasteiger partial charge in [-0.15, -0.1) is 0 Å². The summed E-state index contributed by atoms with van der Waals surface area (Å²) in [6.45, 7) is 6.13. The number of benzene rings is 1. The number of rotatable bonds is 5. The van der Waals surface area contributed by atoms with Crippen LogP contribution < -0.4 is 4.74 Å². The summed E-state index contributed by atoms with van der Waals surface area (Å²) in [7, 11) is 0. The van der Waals surface area contributed by atoms with Gasteiger partial charge in [-0.25, -0.2) is 0 Å². The molecule has 1 amide bonds. The van der Waals surface area contributed by atoms with Gasteiger partial charge in [0.25, 0.3) is 5.91 Å². The molecule has 0 aliphatic carbocycles. The van der Waals surface area contributed by atoms with Crippen molar-refractivity contribution in [3.8, 4) is 5.75 Å². The summed E-state index contributed by atoms with van der Waals surface area (Å²) < 4.78 is 11.1. The number of furan rings is 1. The molecule has 0 spiro atoms. The summed E-state index contributed by atoms with van der Waals surface area (Å²) in [5, 5.41) is 1.10. The largest absolute Gasteiger partial charge is 0.491 e. The topological polar surface area (TPSA) is 45.9 Å². The average Bonchev–Trinajstić information content (AvgIpc) is 3.03. The van der Waals surface area contributed by atoms with Gasteiger partial charge in [-0.05, 0) is 37.3 Å². The molecular formula is C18H20Cl2N2O3. The molecular weight excluding hydrogens is 363 g/mol. The average molecular weight is 383 g/mol. The third-order valence-electron chi connectivity index (χ3n) is 4.17. The first-order valence-electron chi connectivity index (χ1n) is 8.19. The van der Waals surface area contributed by atoms with Crippen molar-refractivity contribution in [1.82, 2.24) is 9.80 Å². The molecule has 3 rings (SSSR count). The van der Waals surface area contributed by atoms with Gasteiger partial charge in [0.2, 0.25) is 0 Å². The smallest absolute Gasteiger partial charge is 0.289 e. The standard InChI is InChI=1S/C18H20Cl2N2O3/c1-13-2-4-17(25-13)18(23)22-8-6-21(7-9-22)10-11-24-16-5-3-14(19)12-15(16)20/h2-5,12H,6-11H2,1H3. The molecule has 1 saturated heterocycles. The van der Waals surface area contributed by atoms with Crippen LogP contribution >= 0.6 is 23.2 Å². The zero-order valence-electron chi connectivity index (χ0n) is 14.0. The number of aryl methyl sites for hydroxylation is 1.